The molecule has 0 saturated carbocycles. The molecule has 5 nitrogen and oxygen atoms in total. The van der Waals surface area contributed by atoms with Gasteiger partial charge in [-0.25, -0.2) is 0 Å². The van der Waals surface area contributed by atoms with Crippen LogP contribution in [0, 0.1) is 0 Å². The van der Waals surface area contributed by atoms with Crippen LogP contribution in [0.1, 0.15) is 6.92 Å². The Bertz CT molecular complexity index is 902. The maximum atomic E-state index is 12.5. The summed E-state index contributed by atoms with van der Waals surface area (Å²) in [6, 6.07) is 14.7. The number of aromatic nitrogens is 1. The summed E-state index contributed by atoms with van der Waals surface area (Å²) in [5, 5.41) is 1.55. The van der Waals surface area contributed by atoms with Crippen molar-refractivity contribution >= 4 is 16.5 Å². The highest BCUT2D eigenvalue weighted by molar-refractivity contribution is 5.82. The van der Waals surface area contributed by atoms with Crippen LogP contribution in [0.3, 0.4) is 0 Å². The van der Waals surface area contributed by atoms with E-state index < -0.39 is 0 Å². The lowest BCUT2D eigenvalue weighted by atomic mass is 10.1. The largest absolute Gasteiger partial charge is 0.494 e. The van der Waals surface area contributed by atoms with Crippen molar-refractivity contribution in [3.63, 3.8) is 0 Å². The molecule has 0 unspecified atom stereocenters. The number of rotatable bonds is 6. The fourth-order valence-corrected chi connectivity index (χ4v) is 2.56. The van der Waals surface area contributed by atoms with Gasteiger partial charge in [0, 0.05) is 23.3 Å². The van der Waals surface area contributed by atoms with Gasteiger partial charge in [0.15, 0.2) is 0 Å². The molecule has 0 amide bonds. The van der Waals surface area contributed by atoms with Crippen molar-refractivity contribution in [1.29, 1.82) is 0 Å². The maximum Gasteiger partial charge on any atom is 0.258 e. The summed E-state index contributed by atoms with van der Waals surface area (Å²) in [6.07, 6.45) is 1.78. The predicted molar refractivity (Wildman–Crippen MR) is 95.7 cm³/mol. The average Bonchev–Trinajstić information content (AvgIpc) is 2.57. The first-order chi connectivity index (χ1) is 11.7. The molecule has 0 aliphatic carbocycles. The molecule has 0 radical (unpaired) electrons. The first-order valence-corrected chi connectivity index (χ1v) is 7.91. The molecule has 1 aromatic heterocycles. The van der Waals surface area contributed by atoms with Crippen molar-refractivity contribution in [3.05, 3.63) is 65.1 Å². The van der Waals surface area contributed by atoms with E-state index in [9.17, 15) is 4.79 Å². The summed E-state index contributed by atoms with van der Waals surface area (Å²) in [6.45, 7) is 3.40. The van der Waals surface area contributed by atoms with Crippen LogP contribution in [0.2, 0.25) is 0 Å². The van der Waals surface area contributed by atoms with Gasteiger partial charge in [-0.2, -0.15) is 0 Å². The highest BCUT2D eigenvalue weighted by Gasteiger charge is 2.05. The Morgan fingerprint density at radius 3 is 2.67 bits per heavy atom. The molecule has 124 valence electrons. The smallest absolute Gasteiger partial charge is 0.258 e. The van der Waals surface area contributed by atoms with E-state index in [0.29, 0.717) is 36.6 Å². The average molecular weight is 324 g/mol. The molecular formula is C19H20N2O3. The van der Waals surface area contributed by atoms with Gasteiger partial charge in [0.05, 0.1) is 13.2 Å². The number of nitrogens with two attached hydrogens (primary N) is 1. The van der Waals surface area contributed by atoms with Crippen molar-refractivity contribution in [1.82, 2.24) is 4.57 Å². The number of ether oxygens (including phenoxy) is 2. The van der Waals surface area contributed by atoms with Gasteiger partial charge >= 0.3 is 0 Å². The zero-order valence-electron chi connectivity index (χ0n) is 13.6. The molecule has 24 heavy (non-hydrogen) atoms. The van der Waals surface area contributed by atoms with Gasteiger partial charge in [-0.15, -0.1) is 0 Å². The number of nitrogen functional groups attached to an aromatic ring is 1. The monoisotopic (exact) mass is 324 g/mol. The van der Waals surface area contributed by atoms with Crippen LogP contribution < -0.4 is 20.8 Å². The standard InChI is InChI=1S/C19H20N2O3/c1-2-23-17-6-7-18-14(12-17)8-9-21(19(18)22)10-11-24-16-5-3-4-15(20)13-16/h3-9,12-13H,2,10-11,20H2,1H3. The topological polar surface area (TPSA) is 66.5 Å². The van der Waals surface area contributed by atoms with E-state index in [0.717, 1.165) is 11.1 Å². The summed E-state index contributed by atoms with van der Waals surface area (Å²) < 4.78 is 12.8. The number of hydrogen-bond acceptors (Lipinski definition) is 4. The van der Waals surface area contributed by atoms with E-state index in [1.54, 1.807) is 29.0 Å². The number of pyridine rings is 1. The lowest BCUT2D eigenvalue weighted by Gasteiger charge is -2.10. The van der Waals surface area contributed by atoms with Crippen molar-refractivity contribution in [2.24, 2.45) is 0 Å². The minimum absolute atomic E-state index is 0.0354. The summed E-state index contributed by atoms with van der Waals surface area (Å²) in [5.74, 6) is 1.47. The van der Waals surface area contributed by atoms with E-state index in [2.05, 4.69) is 0 Å². The van der Waals surface area contributed by atoms with Gasteiger partial charge in [0.25, 0.3) is 5.56 Å². The quantitative estimate of drug-likeness (QED) is 0.708. The number of benzene rings is 2. The van der Waals surface area contributed by atoms with E-state index >= 15 is 0 Å². The van der Waals surface area contributed by atoms with Crippen molar-refractivity contribution < 1.29 is 9.47 Å². The normalized spacial score (nSPS) is 10.7. The van der Waals surface area contributed by atoms with Crippen LogP contribution in [-0.2, 0) is 6.54 Å². The Morgan fingerprint density at radius 2 is 1.88 bits per heavy atom. The Hall–Kier alpha value is -2.95. The first kappa shape index (κ1) is 15.9. The molecule has 2 aromatic carbocycles. The second kappa shape index (κ2) is 7.08. The van der Waals surface area contributed by atoms with Crippen LogP contribution in [0.4, 0.5) is 5.69 Å². The van der Waals surface area contributed by atoms with Gasteiger partial charge < -0.3 is 19.8 Å². The van der Waals surface area contributed by atoms with Crippen molar-refractivity contribution in [3.8, 4) is 11.5 Å². The van der Waals surface area contributed by atoms with E-state index in [4.69, 9.17) is 15.2 Å². The third-order valence-corrected chi connectivity index (χ3v) is 3.72. The molecule has 0 aliphatic heterocycles. The molecule has 0 fully saturated rings. The number of anilines is 1. The molecule has 0 atom stereocenters. The van der Waals surface area contributed by atoms with Gasteiger partial charge in [-0.3, -0.25) is 4.79 Å². The molecule has 0 spiro atoms. The van der Waals surface area contributed by atoms with Crippen molar-refractivity contribution in [2.75, 3.05) is 18.9 Å². The SMILES string of the molecule is CCOc1ccc2c(=O)n(CCOc3cccc(N)c3)ccc2c1. The Kier molecular flexibility index (Phi) is 4.70. The fourth-order valence-electron chi connectivity index (χ4n) is 2.56. The van der Waals surface area contributed by atoms with Crippen LogP contribution >= 0.6 is 0 Å². The molecule has 0 saturated heterocycles. The third kappa shape index (κ3) is 3.51. The predicted octanol–water partition coefficient (Wildman–Crippen LogP) is 3.06. The summed E-state index contributed by atoms with van der Waals surface area (Å²) >= 11 is 0. The van der Waals surface area contributed by atoms with Crippen LogP contribution in [-0.4, -0.2) is 17.8 Å². The third-order valence-electron chi connectivity index (χ3n) is 3.72. The molecule has 1 heterocycles. The highest BCUT2D eigenvalue weighted by Crippen LogP contribution is 2.18. The van der Waals surface area contributed by atoms with Gasteiger partial charge in [0.1, 0.15) is 18.1 Å². The summed E-state index contributed by atoms with van der Waals surface area (Å²) in [7, 11) is 0. The van der Waals surface area contributed by atoms with Gasteiger partial charge in [-0.1, -0.05) is 6.07 Å². The maximum absolute atomic E-state index is 12.5. The second-order valence-corrected chi connectivity index (χ2v) is 5.42. The van der Waals surface area contributed by atoms with Gasteiger partial charge in [0.2, 0.25) is 0 Å². The Balaban J connectivity index is 1.74. The molecule has 2 N–H and O–H groups in total. The van der Waals surface area contributed by atoms with E-state index in [1.165, 1.54) is 0 Å². The Morgan fingerprint density at radius 1 is 1.04 bits per heavy atom. The number of nitrogens with zero attached hydrogens (tertiary/aromatic N) is 1. The first-order valence-electron chi connectivity index (χ1n) is 7.91. The minimum atomic E-state index is -0.0354. The molecule has 0 aliphatic rings. The summed E-state index contributed by atoms with van der Waals surface area (Å²) in [5.41, 5.74) is 6.33. The number of hydrogen-bond donors (Lipinski definition) is 1. The lowest BCUT2D eigenvalue weighted by Crippen LogP contribution is -2.22. The van der Waals surface area contributed by atoms with Crippen molar-refractivity contribution in [2.45, 2.75) is 13.5 Å². The van der Waals surface area contributed by atoms with E-state index in [1.807, 2.05) is 37.3 Å². The number of fused-ring (bicyclic) bond motifs is 1. The molecule has 5 heteroatoms. The van der Waals surface area contributed by atoms with Crippen LogP contribution in [0.25, 0.3) is 10.8 Å². The van der Waals surface area contributed by atoms with Crippen LogP contribution in [0.5, 0.6) is 11.5 Å². The zero-order chi connectivity index (χ0) is 16.9. The lowest BCUT2D eigenvalue weighted by molar-refractivity contribution is 0.297. The fraction of sp³-hybridized carbons (Fsp3) is 0.211. The molecule has 0 bridgehead atoms. The molecular weight excluding hydrogens is 304 g/mol. The molecule has 3 aromatic rings. The molecule has 3 rings (SSSR count). The minimum Gasteiger partial charge on any atom is -0.494 e. The van der Waals surface area contributed by atoms with Crippen LogP contribution in [0.15, 0.2) is 59.5 Å². The Labute approximate surface area is 140 Å². The highest BCUT2D eigenvalue weighted by atomic mass is 16.5. The zero-order valence-corrected chi connectivity index (χ0v) is 13.6. The van der Waals surface area contributed by atoms with Gasteiger partial charge in [-0.05, 0) is 48.7 Å². The summed E-state index contributed by atoms with van der Waals surface area (Å²) in [4.78, 5) is 12.5. The second-order valence-electron chi connectivity index (χ2n) is 5.42. The van der Waals surface area contributed by atoms with E-state index in [-0.39, 0.29) is 5.56 Å².